The summed E-state index contributed by atoms with van der Waals surface area (Å²) < 4.78 is 5.32. The van der Waals surface area contributed by atoms with E-state index in [0.717, 1.165) is 0 Å². The smallest absolute Gasteiger partial charge is 0.303 e. The zero-order chi connectivity index (χ0) is 18.4. The fraction of sp³-hybridized carbons (Fsp3) is 0.222. The number of rotatable bonds is 7. The van der Waals surface area contributed by atoms with Crippen LogP contribution in [0, 0.1) is 10.1 Å². The number of ether oxygens (including phenoxy) is 1. The molecule has 0 radical (unpaired) electrons. The van der Waals surface area contributed by atoms with Gasteiger partial charge in [-0.25, -0.2) is 0 Å². The van der Waals surface area contributed by atoms with Crippen LogP contribution in [0.5, 0.6) is 0 Å². The Morgan fingerprint density at radius 3 is 2.36 bits per heavy atom. The van der Waals surface area contributed by atoms with E-state index in [1.165, 1.54) is 25.1 Å². The first-order chi connectivity index (χ1) is 11.9. The Bertz CT molecular complexity index is 776. The number of nitro groups is 1. The number of nitrogens with one attached hydrogen (secondary N) is 1. The number of non-ortho nitro benzene ring substituents is 1. The Morgan fingerprint density at radius 1 is 1.12 bits per heavy atom. The molecule has 0 saturated heterocycles. The van der Waals surface area contributed by atoms with Gasteiger partial charge in [-0.15, -0.1) is 0 Å². The zero-order valence-corrected chi connectivity index (χ0v) is 13.8. The maximum Gasteiger partial charge on any atom is 0.303 e. The largest absolute Gasteiger partial charge is 0.455 e. The van der Waals surface area contributed by atoms with Gasteiger partial charge in [0.15, 0.2) is 5.78 Å². The summed E-state index contributed by atoms with van der Waals surface area (Å²) in [5, 5.41) is 13.9. The molecule has 0 spiro atoms. The molecule has 2 aromatic rings. The molecule has 7 heteroatoms. The molecule has 2 atom stereocenters. The number of carbonyl (C=O) groups is 2. The van der Waals surface area contributed by atoms with Crippen molar-refractivity contribution in [3.05, 3.63) is 75.8 Å². The number of hydrogen-bond donors (Lipinski definition) is 1. The number of nitrogens with zero attached hydrogens (tertiary/aromatic N) is 1. The van der Waals surface area contributed by atoms with Crippen molar-refractivity contribution in [3.8, 4) is 0 Å². The Balaban J connectivity index is 2.44. The van der Waals surface area contributed by atoms with Gasteiger partial charge >= 0.3 is 5.97 Å². The van der Waals surface area contributed by atoms with Crippen molar-refractivity contribution >= 4 is 17.4 Å². The van der Waals surface area contributed by atoms with E-state index in [1.807, 2.05) is 0 Å². The molecule has 0 aliphatic carbocycles. The molecular formula is C18H18N2O5. The fourth-order valence-corrected chi connectivity index (χ4v) is 2.52. The van der Waals surface area contributed by atoms with Gasteiger partial charge in [0.2, 0.25) is 0 Å². The molecule has 0 aromatic heterocycles. The number of likely N-dealkylation sites (N-methyl/N-ethyl adjacent to an activating group) is 1. The van der Waals surface area contributed by atoms with Gasteiger partial charge in [0.05, 0.1) is 4.92 Å². The minimum absolute atomic E-state index is 0.142. The molecule has 2 rings (SSSR count). The second kappa shape index (κ2) is 8.16. The lowest BCUT2D eigenvalue weighted by atomic mass is 9.94. The Morgan fingerprint density at radius 2 is 1.80 bits per heavy atom. The van der Waals surface area contributed by atoms with E-state index >= 15 is 0 Å². The standard InChI is InChI=1S/C18H18N2O5/c1-12(21)25-18(14-9-6-10-15(11-14)20(23)24)16(19-2)17(22)13-7-4-3-5-8-13/h3-11,16,18-19H,1-2H3/t16-,18-/m1/s1. The molecule has 1 N–H and O–H groups in total. The van der Waals surface area contributed by atoms with E-state index in [2.05, 4.69) is 5.32 Å². The molecule has 0 amide bonds. The molecule has 0 heterocycles. The summed E-state index contributed by atoms with van der Waals surface area (Å²) in [4.78, 5) is 34.8. The number of nitro benzene ring substituents is 1. The molecule has 2 aromatic carbocycles. The van der Waals surface area contributed by atoms with E-state index in [4.69, 9.17) is 4.74 Å². The van der Waals surface area contributed by atoms with Crippen LogP contribution in [-0.4, -0.2) is 29.8 Å². The first-order valence-electron chi connectivity index (χ1n) is 7.62. The first kappa shape index (κ1) is 18.3. The highest BCUT2D eigenvalue weighted by Crippen LogP contribution is 2.27. The van der Waals surface area contributed by atoms with E-state index < -0.39 is 23.0 Å². The van der Waals surface area contributed by atoms with Crippen LogP contribution in [0.15, 0.2) is 54.6 Å². The number of ketones is 1. The van der Waals surface area contributed by atoms with Crippen LogP contribution in [0.2, 0.25) is 0 Å². The average molecular weight is 342 g/mol. The lowest BCUT2D eigenvalue weighted by Gasteiger charge is -2.25. The van der Waals surface area contributed by atoms with Crippen molar-refractivity contribution in [2.24, 2.45) is 0 Å². The third kappa shape index (κ3) is 4.48. The number of benzene rings is 2. The highest BCUT2D eigenvalue weighted by atomic mass is 16.6. The van der Waals surface area contributed by atoms with Gasteiger partial charge in [0, 0.05) is 30.2 Å². The summed E-state index contributed by atoms with van der Waals surface area (Å²) >= 11 is 0. The second-order valence-electron chi connectivity index (χ2n) is 5.38. The molecule has 0 fully saturated rings. The van der Waals surface area contributed by atoms with Crippen molar-refractivity contribution in [2.75, 3.05) is 7.05 Å². The number of carbonyl (C=O) groups excluding carboxylic acids is 2. The monoisotopic (exact) mass is 342 g/mol. The first-order valence-corrected chi connectivity index (χ1v) is 7.62. The van der Waals surface area contributed by atoms with Crippen LogP contribution in [0.25, 0.3) is 0 Å². The number of Topliss-reactive ketones (excluding diaryl/α,β-unsaturated/α-hetero) is 1. The quantitative estimate of drug-likeness (QED) is 0.359. The van der Waals surface area contributed by atoms with Crippen molar-refractivity contribution in [1.29, 1.82) is 0 Å². The summed E-state index contributed by atoms with van der Waals surface area (Å²) in [6, 6.07) is 13.4. The van der Waals surface area contributed by atoms with Crippen LogP contribution in [-0.2, 0) is 9.53 Å². The summed E-state index contributed by atoms with van der Waals surface area (Å²) in [7, 11) is 1.57. The molecular weight excluding hydrogens is 324 g/mol. The molecule has 0 aliphatic heterocycles. The van der Waals surface area contributed by atoms with Gasteiger partial charge in [-0.05, 0) is 7.05 Å². The third-order valence-corrected chi connectivity index (χ3v) is 3.66. The zero-order valence-electron chi connectivity index (χ0n) is 13.8. The molecule has 0 unspecified atom stereocenters. The van der Waals surface area contributed by atoms with Crippen LogP contribution in [0.4, 0.5) is 5.69 Å². The summed E-state index contributed by atoms with van der Waals surface area (Å²) in [6.07, 6.45) is -0.991. The van der Waals surface area contributed by atoms with E-state index in [1.54, 1.807) is 43.4 Å². The fourth-order valence-electron chi connectivity index (χ4n) is 2.52. The van der Waals surface area contributed by atoms with Crippen LogP contribution >= 0.6 is 0 Å². The predicted octanol–water partition coefficient (Wildman–Crippen LogP) is 2.67. The molecule has 0 aliphatic rings. The summed E-state index contributed by atoms with van der Waals surface area (Å²) in [5.41, 5.74) is 0.675. The summed E-state index contributed by atoms with van der Waals surface area (Å²) in [5.74, 6) is -0.863. The van der Waals surface area contributed by atoms with Gasteiger partial charge in [0.1, 0.15) is 12.1 Å². The third-order valence-electron chi connectivity index (χ3n) is 3.66. The molecule has 0 bridgehead atoms. The lowest BCUT2D eigenvalue weighted by molar-refractivity contribution is -0.385. The molecule has 7 nitrogen and oxygen atoms in total. The topological polar surface area (TPSA) is 98.5 Å². The van der Waals surface area contributed by atoms with Crippen molar-refractivity contribution in [1.82, 2.24) is 5.32 Å². The van der Waals surface area contributed by atoms with Gasteiger partial charge in [-0.2, -0.15) is 0 Å². The van der Waals surface area contributed by atoms with Crippen molar-refractivity contribution in [2.45, 2.75) is 19.1 Å². The Hall–Kier alpha value is -3.06. The maximum absolute atomic E-state index is 12.8. The minimum atomic E-state index is -0.991. The number of esters is 1. The van der Waals surface area contributed by atoms with Gasteiger partial charge in [0.25, 0.3) is 5.69 Å². The van der Waals surface area contributed by atoms with E-state index in [0.29, 0.717) is 11.1 Å². The predicted molar refractivity (Wildman–Crippen MR) is 91.2 cm³/mol. The SMILES string of the molecule is CN[C@H](C(=O)c1ccccc1)[C@H](OC(C)=O)c1cccc([N+](=O)[O-])c1. The minimum Gasteiger partial charge on any atom is -0.455 e. The van der Waals surface area contributed by atoms with Crippen LogP contribution in [0.1, 0.15) is 28.9 Å². The van der Waals surface area contributed by atoms with E-state index in [9.17, 15) is 19.7 Å². The maximum atomic E-state index is 12.8. The molecule has 25 heavy (non-hydrogen) atoms. The van der Waals surface area contributed by atoms with Gasteiger partial charge in [-0.3, -0.25) is 19.7 Å². The Kier molecular flexibility index (Phi) is 5.97. The van der Waals surface area contributed by atoms with E-state index in [-0.39, 0.29) is 11.5 Å². The van der Waals surface area contributed by atoms with Crippen LogP contribution in [0.3, 0.4) is 0 Å². The lowest BCUT2D eigenvalue weighted by Crippen LogP contribution is -2.41. The number of hydrogen-bond acceptors (Lipinski definition) is 6. The molecule has 130 valence electrons. The highest BCUT2D eigenvalue weighted by Gasteiger charge is 2.32. The van der Waals surface area contributed by atoms with Crippen LogP contribution < -0.4 is 5.32 Å². The average Bonchev–Trinajstić information content (AvgIpc) is 2.62. The normalized spacial score (nSPS) is 12.9. The highest BCUT2D eigenvalue weighted by molar-refractivity contribution is 6.00. The summed E-state index contributed by atoms with van der Waals surface area (Å²) in [6.45, 7) is 1.23. The Labute approximate surface area is 144 Å². The van der Waals surface area contributed by atoms with Crippen molar-refractivity contribution < 1.29 is 19.2 Å². The second-order valence-corrected chi connectivity index (χ2v) is 5.38. The van der Waals surface area contributed by atoms with Gasteiger partial charge in [-0.1, -0.05) is 42.5 Å². The van der Waals surface area contributed by atoms with Gasteiger partial charge < -0.3 is 10.1 Å². The van der Waals surface area contributed by atoms with Crippen molar-refractivity contribution in [3.63, 3.8) is 0 Å². The molecule has 0 saturated carbocycles.